The first kappa shape index (κ1) is 15.4. The predicted octanol–water partition coefficient (Wildman–Crippen LogP) is 2.15. The Morgan fingerprint density at radius 2 is 2.20 bits per heavy atom. The van der Waals surface area contributed by atoms with Crippen LogP contribution in [-0.2, 0) is 0 Å². The van der Waals surface area contributed by atoms with E-state index in [4.69, 9.17) is 5.73 Å². The van der Waals surface area contributed by atoms with E-state index >= 15 is 0 Å². The van der Waals surface area contributed by atoms with Crippen LogP contribution in [0.5, 0.6) is 0 Å². The third-order valence-electron chi connectivity index (χ3n) is 3.50. The zero-order valence-corrected chi connectivity index (χ0v) is 13.9. The fourth-order valence-electron chi connectivity index (χ4n) is 2.26. The average Bonchev–Trinajstić information content (AvgIpc) is 2.82. The maximum absolute atomic E-state index is 12.6. The second kappa shape index (κ2) is 6.67. The molecule has 0 radical (unpaired) electrons. The van der Waals surface area contributed by atoms with Gasteiger partial charge in [0.25, 0.3) is 5.91 Å². The molecule has 20 heavy (non-hydrogen) atoms. The lowest BCUT2D eigenvalue weighted by Gasteiger charge is -2.32. The number of anilines is 2. The standard InChI is InChI=1S/C13H22N4OS2/c1-4-16(5-2)13-15-11(14)10(20-13)12(18)17-6-7-19-8-9(17)3/h9H,4-8,14H2,1-3H3. The van der Waals surface area contributed by atoms with Crippen LogP contribution < -0.4 is 10.6 Å². The molecule has 2 heterocycles. The molecule has 5 nitrogen and oxygen atoms in total. The van der Waals surface area contributed by atoms with Gasteiger partial charge in [-0.2, -0.15) is 11.8 Å². The van der Waals surface area contributed by atoms with Crippen LogP contribution in [0.15, 0.2) is 0 Å². The van der Waals surface area contributed by atoms with Gasteiger partial charge in [-0.1, -0.05) is 11.3 Å². The lowest BCUT2D eigenvalue weighted by molar-refractivity contribution is 0.0722. The first-order chi connectivity index (χ1) is 9.58. The summed E-state index contributed by atoms with van der Waals surface area (Å²) in [5, 5.41) is 0.842. The topological polar surface area (TPSA) is 62.5 Å². The van der Waals surface area contributed by atoms with Crippen LogP contribution in [0.25, 0.3) is 0 Å². The van der Waals surface area contributed by atoms with Gasteiger partial charge < -0.3 is 15.5 Å². The average molecular weight is 314 g/mol. The number of rotatable bonds is 4. The quantitative estimate of drug-likeness (QED) is 0.922. The molecular weight excluding hydrogens is 292 g/mol. The minimum atomic E-state index is 0.0335. The van der Waals surface area contributed by atoms with Gasteiger partial charge in [0.05, 0.1) is 0 Å². The lowest BCUT2D eigenvalue weighted by atomic mass is 10.3. The molecule has 1 fully saturated rings. The molecule has 1 amide bonds. The summed E-state index contributed by atoms with van der Waals surface area (Å²) < 4.78 is 0. The number of aromatic nitrogens is 1. The second-order valence-electron chi connectivity index (χ2n) is 4.81. The van der Waals surface area contributed by atoms with E-state index in [0.29, 0.717) is 10.7 Å². The van der Waals surface area contributed by atoms with Crippen molar-refractivity contribution in [2.45, 2.75) is 26.8 Å². The fraction of sp³-hybridized carbons (Fsp3) is 0.692. The maximum Gasteiger partial charge on any atom is 0.268 e. The third-order valence-corrected chi connectivity index (χ3v) is 5.81. The number of carbonyl (C=O) groups excluding carboxylic acids is 1. The maximum atomic E-state index is 12.6. The van der Waals surface area contributed by atoms with E-state index in [-0.39, 0.29) is 11.9 Å². The van der Waals surface area contributed by atoms with Crippen molar-refractivity contribution in [2.24, 2.45) is 0 Å². The summed E-state index contributed by atoms with van der Waals surface area (Å²) in [5.41, 5.74) is 5.96. The number of thiazole rings is 1. The number of carbonyl (C=O) groups is 1. The molecule has 2 rings (SSSR count). The summed E-state index contributed by atoms with van der Waals surface area (Å²) in [6.07, 6.45) is 0. The van der Waals surface area contributed by atoms with Gasteiger partial charge in [-0.15, -0.1) is 0 Å². The number of nitrogen functional groups attached to an aromatic ring is 1. The Bertz CT molecular complexity index is 473. The van der Waals surface area contributed by atoms with E-state index in [9.17, 15) is 4.79 Å². The van der Waals surface area contributed by atoms with E-state index in [1.54, 1.807) is 0 Å². The molecule has 1 aliphatic rings. The highest BCUT2D eigenvalue weighted by molar-refractivity contribution is 7.99. The highest BCUT2D eigenvalue weighted by Crippen LogP contribution is 2.30. The molecule has 0 saturated carbocycles. The zero-order valence-electron chi connectivity index (χ0n) is 12.3. The van der Waals surface area contributed by atoms with Crippen molar-refractivity contribution in [1.29, 1.82) is 0 Å². The van der Waals surface area contributed by atoms with E-state index < -0.39 is 0 Å². The first-order valence-electron chi connectivity index (χ1n) is 6.98. The van der Waals surface area contributed by atoms with E-state index in [1.165, 1.54) is 11.3 Å². The second-order valence-corrected chi connectivity index (χ2v) is 6.93. The van der Waals surface area contributed by atoms with Crippen LogP contribution in [0.3, 0.4) is 0 Å². The van der Waals surface area contributed by atoms with E-state index in [2.05, 4.69) is 30.7 Å². The molecule has 0 bridgehead atoms. The molecule has 7 heteroatoms. The molecule has 1 unspecified atom stereocenters. The molecule has 0 aliphatic carbocycles. The van der Waals surface area contributed by atoms with Crippen LogP contribution >= 0.6 is 23.1 Å². The summed E-state index contributed by atoms with van der Waals surface area (Å²) >= 11 is 3.31. The van der Waals surface area contributed by atoms with Crippen molar-refractivity contribution in [1.82, 2.24) is 9.88 Å². The highest BCUT2D eigenvalue weighted by Gasteiger charge is 2.28. The number of thioether (sulfide) groups is 1. The smallest absolute Gasteiger partial charge is 0.268 e. The minimum Gasteiger partial charge on any atom is -0.382 e. The van der Waals surface area contributed by atoms with Gasteiger partial charge in [-0.25, -0.2) is 4.98 Å². The molecule has 1 atom stereocenters. The van der Waals surface area contributed by atoms with E-state index in [1.807, 2.05) is 16.7 Å². The van der Waals surface area contributed by atoms with Gasteiger partial charge >= 0.3 is 0 Å². The molecule has 0 aromatic carbocycles. The number of hydrogen-bond acceptors (Lipinski definition) is 6. The van der Waals surface area contributed by atoms with Crippen molar-refractivity contribution in [3.05, 3.63) is 4.88 Å². The Morgan fingerprint density at radius 1 is 1.50 bits per heavy atom. The summed E-state index contributed by atoms with van der Waals surface area (Å²) in [6, 6.07) is 0.264. The van der Waals surface area contributed by atoms with Gasteiger partial charge in [0.2, 0.25) is 0 Å². The van der Waals surface area contributed by atoms with Gasteiger partial charge in [-0.05, 0) is 20.8 Å². The Hall–Kier alpha value is -0.950. The number of nitrogens with two attached hydrogens (primary N) is 1. The minimum absolute atomic E-state index is 0.0335. The SMILES string of the molecule is CCN(CC)c1nc(N)c(C(=O)N2CCSCC2C)s1. The molecule has 1 aromatic heterocycles. The van der Waals surface area contributed by atoms with Crippen molar-refractivity contribution in [3.8, 4) is 0 Å². The Labute approximate surface area is 128 Å². The van der Waals surface area contributed by atoms with Crippen LogP contribution in [0.2, 0.25) is 0 Å². The first-order valence-corrected chi connectivity index (χ1v) is 8.95. The van der Waals surface area contributed by atoms with Crippen molar-refractivity contribution < 1.29 is 4.79 Å². The highest BCUT2D eigenvalue weighted by atomic mass is 32.2. The summed E-state index contributed by atoms with van der Waals surface area (Å²) in [5.74, 6) is 2.39. The van der Waals surface area contributed by atoms with Gasteiger partial charge in [0.1, 0.15) is 10.7 Å². The third kappa shape index (κ3) is 3.03. The monoisotopic (exact) mass is 314 g/mol. The summed E-state index contributed by atoms with van der Waals surface area (Å²) in [4.78, 5) is 21.6. The molecule has 112 valence electrons. The van der Waals surface area contributed by atoms with E-state index in [0.717, 1.165) is 36.3 Å². The van der Waals surface area contributed by atoms with Gasteiger partial charge in [0, 0.05) is 37.2 Å². The Morgan fingerprint density at radius 3 is 2.80 bits per heavy atom. The molecule has 1 aliphatic heterocycles. The largest absolute Gasteiger partial charge is 0.382 e. The zero-order chi connectivity index (χ0) is 14.7. The van der Waals surface area contributed by atoms with Crippen LogP contribution in [0, 0.1) is 0 Å². The van der Waals surface area contributed by atoms with Crippen LogP contribution in [0.1, 0.15) is 30.4 Å². The van der Waals surface area contributed by atoms with Crippen molar-refractivity contribution in [3.63, 3.8) is 0 Å². The summed E-state index contributed by atoms with van der Waals surface area (Å²) in [6.45, 7) is 8.77. The molecule has 1 saturated heterocycles. The Kier molecular flexibility index (Phi) is 5.15. The molecule has 1 aromatic rings. The predicted molar refractivity (Wildman–Crippen MR) is 87.9 cm³/mol. The Balaban J connectivity index is 2.21. The van der Waals surface area contributed by atoms with Crippen molar-refractivity contribution in [2.75, 3.05) is 41.8 Å². The van der Waals surface area contributed by atoms with Gasteiger partial charge in [0.15, 0.2) is 5.13 Å². The van der Waals surface area contributed by atoms with Gasteiger partial charge in [-0.3, -0.25) is 4.79 Å². The van der Waals surface area contributed by atoms with Crippen LogP contribution in [-0.4, -0.2) is 53.0 Å². The summed E-state index contributed by atoms with van der Waals surface area (Å²) in [7, 11) is 0. The molecule has 2 N–H and O–H groups in total. The van der Waals surface area contributed by atoms with Crippen molar-refractivity contribution >= 4 is 40.0 Å². The number of hydrogen-bond donors (Lipinski definition) is 1. The fourth-order valence-corrected chi connectivity index (χ4v) is 4.34. The molecule has 0 spiro atoms. The van der Waals surface area contributed by atoms with Crippen LogP contribution in [0.4, 0.5) is 10.9 Å². The lowest BCUT2D eigenvalue weighted by Crippen LogP contribution is -2.44. The number of nitrogens with zero attached hydrogens (tertiary/aromatic N) is 3. The number of amides is 1. The molecular formula is C13H22N4OS2. The normalized spacial score (nSPS) is 19.1.